The highest BCUT2D eigenvalue weighted by molar-refractivity contribution is 6.09. The maximum atomic E-state index is 13.1. The number of ether oxygens (including phenoxy) is 1. The van der Waals surface area contributed by atoms with Crippen molar-refractivity contribution in [1.82, 2.24) is 5.32 Å². The summed E-state index contributed by atoms with van der Waals surface area (Å²) in [6.45, 7) is 12.1. The first-order valence-electron chi connectivity index (χ1n) is 12.1. The molecule has 0 spiro atoms. The second-order valence-electron chi connectivity index (χ2n) is 11.0. The van der Waals surface area contributed by atoms with Gasteiger partial charge in [0.2, 0.25) is 0 Å². The molecule has 0 saturated heterocycles. The van der Waals surface area contributed by atoms with E-state index >= 15 is 0 Å². The molecule has 2 N–H and O–H groups in total. The van der Waals surface area contributed by atoms with Crippen LogP contribution in [0.2, 0.25) is 0 Å². The van der Waals surface area contributed by atoms with Crippen molar-refractivity contribution < 1.29 is 18.7 Å². The molecular formula is C30H34N2O4. The lowest BCUT2D eigenvalue weighted by atomic mass is 9.85. The standard InChI is InChI=1S/C30H34N2O4/c1-18-23(15-27(36-18)29(2,3)4)28(34)31-21-11-8-19(9-12-21)26(33)16-25-24-14-22(35-7)13-10-20(24)17-30(5,6)32-25/h8-16,32H,17H2,1-7H3,(H,31,34)/b25-16-. The molecule has 1 amide bonds. The van der Waals surface area contributed by atoms with E-state index in [0.717, 1.165) is 29.2 Å². The van der Waals surface area contributed by atoms with Gasteiger partial charge in [-0.3, -0.25) is 9.59 Å². The zero-order valence-corrected chi connectivity index (χ0v) is 22.0. The summed E-state index contributed by atoms with van der Waals surface area (Å²) in [5.74, 6) is 1.72. The number of amides is 1. The molecule has 3 aromatic rings. The number of hydrogen-bond acceptors (Lipinski definition) is 5. The van der Waals surface area contributed by atoms with E-state index in [9.17, 15) is 9.59 Å². The van der Waals surface area contributed by atoms with Gasteiger partial charge in [-0.2, -0.15) is 0 Å². The molecular weight excluding hydrogens is 452 g/mol. The van der Waals surface area contributed by atoms with E-state index in [0.29, 0.717) is 22.6 Å². The van der Waals surface area contributed by atoms with Crippen LogP contribution in [0.15, 0.2) is 59.0 Å². The molecule has 1 aromatic heterocycles. The number of carbonyl (C=O) groups is 2. The highest BCUT2D eigenvalue weighted by atomic mass is 16.5. The zero-order valence-electron chi connectivity index (χ0n) is 22.0. The number of benzene rings is 2. The Bertz CT molecular complexity index is 1340. The normalized spacial score (nSPS) is 15.7. The van der Waals surface area contributed by atoms with Crippen molar-refractivity contribution in [2.75, 3.05) is 12.4 Å². The van der Waals surface area contributed by atoms with E-state index < -0.39 is 0 Å². The summed E-state index contributed by atoms with van der Waals surface area (Å²) in [6.07, 6.45) is 2.48. The van der Waals surface area contributed by atoms with Gasteiger partial charge >= 0.3 is 0 Å². The predicted molar refractivity (Wildman–Crippen MR) is 143 cm³/mol. The third-order valence-electron chi connectivity index (χ3n) is 6.32. The van der Waals surface area contributed by atoms with Crippen LogP contribution in [-0.2, 0) is 11.8 Å². The molecule has 4 rings (SSSR count). The van der Waals surface area contributed by atoms with Gasteiger partial charge in [-0.05, 0) is 75.2 Å². The summed E-state index contributed by atoms with van der Waals surface area (Å²) >= 11 is 0. The van der Waals surface area contributed by atoms with Crippen LogP contribution in [0.5, 0.6) is 5.75 Å². The summed E-state index contributed by atoms with van der Waals surface area (Å²) in [4.78, 5) is 26.0. The fraction of sp³-hybridized carbons (Fsp3) is 0.333. The summed E-state index contributed by atoms with van der Waals surface area (Å²) in [6, 6.07) is 14.7. The van der Waals surface area contributed by atoms with E-state index in [2.05, 4.69) is 30.5 Å². The Morgan fingerprint density at radius 1 is 1.08 bits per heavy atom. The molecule has 0 aliphatic carbocycles. The van der Waals surface area contributed by atoms with Crippen LogP contribution in [0.1, 0.15) is 78.0 Å². The molecule has 36 heavy (non-hydrogen) atoms. The number of methoxy groups -OCH3 is 1. The van der Waals surface area contributed by atoms with Crippen molar-refractivity contribution in [1.29, 1.82) is 0 Å². The van der Waals surface area contributed by atoms with E-state index in [1.807, 2.05) is 32.9 Å². The lowest BCUT2D eigenvalue weighted by molar-refractivity contribution is 0.102. The Morgan fingerprint density at radius 3 is 2.39 bits per heavy atom. The summed E-state index contributed by atoms with van der Waals surface area (Å²) in [7, 11) is 1.63. The number of furan rings is 1. The van der Waals surface area contributed by atoms with Gasteiger partial charge in [0, 0.05) is 39.5 Å². The van der Waals surface area contributed by atoms with Crippen LogP contribution in [0.3, 0.4) is 0 Å². The van der Waals surface area contributed by atoms with Gasteiger partial charge < -0.3 is 19.8 Å². The van der Waals surface area contributed by atoms with Gasteiger partial charge in [-0.1, -0.05) is 26.8 Å². The molecule has 0 fully saturated rings. The Hall–Kier alpha value is -3.80. The van der Waals surface area contributed by atoms with E-state index in [1.54, 1.807) is 50.4 Å². The van der Waals surface area contributed by atoms with E-state index in [1.165, 1.54) is 5.56 Å². The number of rotatable bonds is 5. The quantitative estimate of drug-likeness (QED) is 0.327. The fourth-order valence-electron chi connectivity index (χ4n) is 4.36. The van der Waals surface area contributed by atoms with Gasteiger partial charge in [-0.15, -0.1) is 0 Å². The Labute approximate surface area is 212 Å². The second kappa shape index (κ2) is 9.34. The van der Waals surface area contributed by atoms with Crippen molar-refractivity contribution in [2.45, 2.75) is 58.9 Å². The molecule has 188 valence electrons. The number of fused-ring (bicyclic) bond motifs is 1. The number of hydrogen-bond donors (Lipinski definition) is 2. The lowest BCUT2D eigenvalue weighted by Crippen LogP contribution is -2.43. The van der Waals surface area contributed by atoms with Crippen LogP contribution >= 0.6 is 0 Å². The molecule has 6 nitrogen and oxygen atoms in total. The van der Waals surface area contributed by atoms with Crippen molar-refractivity contribution in [2.24, 2.45) is 0 Å². The molecule has 0 radical (unpaired) electrons. The predicted octanol–water partition coefficient (Wildman–Crippen LogP) is 6.29. The average molecular weight is 487 g/mol. The summed E-state index contributed by atoms with van der Waals surface area (Å²) in [5.41, 5.74) is 4.18. The molecule has 0 saturated carbocycles. The SMILES string of the molecule is COc1ccc2c(c1)/C(=C/C(=O)c1ccc(NC(=O)c3cc(C(C)(C)C)oc3C)cc1)NC(C)(C)C2. The highest BCUT2D eigenvalue weighted by Gasteiger charge is 2.28. The number of nitrogens with one attached hydrogen (secondary N) is 2. The monoisotopic (exact) mass is 486 g/mol. The number of carbonyl (C=O) groups excluding carboxylic acids is 2. The molecule has 1 aliphatic heterocycles. The van der Waals surface area contributed by atoms with Crippen LogP contribution in [0, 0.1) is 6.92 Å². The zero-order chi connectivity index (χ0) is 26.3. The molecule has 6 heteroatoms. The van der Waals surface area contributed by atoms with Crippen molar-refractivity contribution >= 4 is 23.1 Å². The highest BCUT2D eigenvalue weighted by Crippen LogP contribution is 2.32. The Kier molecular flexibility index (Phi) is 6.56. The van der Waals surface area contributed by atoms with E-state index in [4.69, 9.17) is 9.15 Å². The molecule has 1 aliphatic rings. The maximum absolute atomic E-state index is 13.1. The third kappa shape index (κ3) is 5.38. The van der Waals surface area contributed by atoms with E-state index in [-0.39, 0.29) is 22.6 Å². The van der Waals surface area contributed by atoms with Crippen molar-refractivity contribution in [3.05, 3.63) is 88.4 Å². The lowest BCUT2D eigenvalue weighted by Gasteiger charge is -2.35. The Morgan fingerprint density at radius 2 is 1.78 bits per heavy atom. The Balaban J connectivity index is 1.53. The first kappa shape index (κ1) is 25.3. The number of anilines is 1. The molecule has 0 bridgehead atoms. The first-order chi connectivity index (χ1) is 16.9. The van der Waals surface area contributed by atoms with Gasteiger partial charge in [0.1, 0.15) is 17.3 Å². The van der Waals surface area contributed by atoms with Gasteiger partial charge in [0.05, 0.1) is 12.7 Å². The molecule has 2 aromatic carbocycles. The number of allylic oxidation sites excluding steroid dienone is 1. The first-order valence-corrected chi connectivity index (χ1v) is 12.1. The molecule has 2 heterocycles. The van der Waals surface area contributed by atoms with Gasteiger partial charge in [-0.25, -0.2) is 0 Å². The van der Waals surface area contributed by atoms with Crippen LogP contribution < -0.4 is 15.4 Å². The molecule has 0 unspecified atom stereocenters. The minimum Gasteiger partial charge on any atom is -0.497 e. The number of aryl methyl sites for hydroxylation is 1. The van der Waals surface area contributed by atoms with Crippen LogP contribution in [0.4, 0.5) is 5.69 Å². The minimum atomic E-state index is -0.243. The fourth-order valence-corrected chi connectivity index (χ4v) is 4.36. The largest absolute Gasteiger partial charge is 0.497 e. The average Bonchev–Trinajstić information content (AvgIpc) is 3.21. The van der Waals surface area contributed by atoms with Crippen LogP contribution in [0.25, 0.3) is 5.70 Å². The smallest absolute Gasteiger partial charge is 0.259 e. The van der Waals surface area contributed by atoms with Crippen LogP contribution in [-0.4, -0.2) is 24.3 Å². The van der Waals surface area contributed by atoms with Gasteiger partial charge in [0.25, 0.3) is 5.91 Å². The van der Waals surface area contributed by atoms with Crippen molar-refractivity contribution in [3.63, 3.8) is 0 Å². The topological polar surface area (TPSA) is 80.6 Å². The summed E-state index contributed by atoms with van der Waals surface area (Å²) < 4.78 is 11.2. The molecule has 0 atom stereocenters. The minimum absolute atomic E-state index is 0.123. The van der Waals surface area contributed by atoms with Crippen molar-refractivity contribution in [3.8, 4) is 5.75 Å². The number of ketones is 1. The summed E-state index contributed by atoms with van der Waals surface area (Å²) in [5, 5.41) is 6.39. The third-order valence-corrected chi connectivity index (χ3v) is 6.32. The second-order valence-corrected chi connectivity index (χ2v) is 11.0. The maximum Gasteiger partial charge on any atom is 0.259 e. The van der Waals surface area contributed by atoms with Gasteiger partial charge in [0.15, 0.2) is 5.78 Å².